The zero-order chi connectivity index (χ0) is 21.6. The fraction of sp³-hybridized carbons (Fsp3) is 0.381. The van der Waals surface area contributed by atoms with E-state index in [0.29, 0.717) is 17.8 Å². The van der Waals surface area contributed by atoms with Crippen LogP contribution in [0, 0.1) is 17.0 Å². The summed E-state index contributed by atoms with van der Waals surface area (Å²) in [5.74, 6) is 0.425. The average molecular weight is 424 g/mol. The fourth-order valence-electron chi connectivity index (χ4n) is 3.47. The Morgan fingerprint density at radius 1 is 1.23 bits per heavy atom. The van der Waals surface area contributed by atoms with Crippen LogP contribution in [0.25, 0.3) is 10.9 Å². The summed E-state index contributed by atoms with van der Waals surface area (Å²) in [4.78, 5) is 26.2. The number of aryl methyl sites for hydroxylation is 1. The van der Waals surface area contributed by atoms with Crippen LogP contribution in [-0.4, -0.2) is 64.2 Å². The van der Waals surface area contributed by atoms with E-state index in [2.05, 4.69) is 25.2 Å². The first-order valence-electron chi connectivity index (χ1n) is 10.2. The highest BCUT2D eigenvalue weighted by Crippen LogP contribution is 2.36. The quantitative estimate of drug-likeness (QED) is 0.331. The van der Waals surface area contributed by atoms with E-state index in [1.54, 1.807) is 6.07 Å². The number of pyridine rings is 1. The molecule has 10 nitrogen and oxygen atoms in total. The van der Waals surface area contributed by atoms with Gasteiger partial charge < -0.3 is 14.8 Å². The highest BCUT2D eigenvalue weighted by atomic mass is 16.6. The predicted molar refractivity (Wildman–Crippen MR) is 116 cm³/mol. The Morgan fingerprint density at radius 2 is 2.06 bits per heavy atom. The standard InChI is InChI=1S/C21H24N6O4/c1-15-6-7-16-4-2-5-17(18(16)25-15)31-21-19(27(28)29)20(23-14-24-21)22-8-3-9-26-10-12-30-13-11-26/h2,4-7,14H,3,8-13H2,1H3,(H,22,23,24). The van der Waals surface area contributed by atoms with Crippen LogP contribution in [0.5, 0.6) is 11.6 Å². The van der Waals surface area contributed by atoms with Crippen LogP contribution in [-0.2, 0) is 4.74 Å². The molecule has 162 valence electrons. The lowest BCUT2D eigenvalue weighted by Gasteiger charge is -2.26. The number of rotatable bonds is 8. The van der Waals surface area contributed by atoms with Crippen LogP contribution in [0.15, 0.2) is 36.7 Å². The van der Waals surface area contributed by atoms with Crippen LogP contribution in [0.3, 0.4) is 0 Å². The number of ether oxygens (including phenoxy) is 2. The maximum atomic E-state index is 11.8. The van der Waals surface area contributed by atoms with Crippen molar-refractivity contribution in [3.63, 3.8) is 0 Å². The molecule has 1 aliphatic rings. The number of nitrogens with zero attached hydrogens (tertiary/aromatic N) is 5. The van der Waals surface area contributed by atoms with Crippen LogP contribution >= 0.6 is 0 Å². The fourth-order valence-corrected chi connectivity index (χ4v) is 3.47. The van der Waals surface area contributed by atoms with Gasteiger partial charge in [0, 0.05) is 30.7 Å². The highest BCUT2D eigenvalue weighted by molar-refractivity contribution is 5.85. The third-order valence-electron chi connectivity index (χ3n) is 5.05. The Balaban J connectivity index is 1.51. The molecule has 0 bridgehead atoms. The molecular formula is C21H24N6O4. The first-order valence-corrected chi connectivity index (χ1v) is 10.2. The van der Waals surface area contributed by atoms with Gasteiger partial charge in [0.1, 0.15) is 11.8 Å². The summed E-state index contributed by atoms with van der Waals surface area (Å²) in [6.07, 6.45) is 2.08. The molecule has 0 atom stereocenters. The second kappa shape index (κ2) is 9.63. The van der Waals surface area contributed by atoms with Gasteiger partial charge in [0.25, 0.3) is 0 Å². The summed E-state index contributed by atoms with van der Waals surface area (Å²) in [7, 11) is 0. The van der Waals surface area contributed by atoms with Gasteiger partial charge in [-0.15, -0.1) is 0 Å². The number of benzene rings is 1. The summed E-state index contributed by atoms with van der Waals surface area (Å²) in [6.45, 7) is 6.61. The van der Waals surface area contributed by atoms with Crippen LogP contribution in [0.1, 0.15) is 12.1 Å². The Kier molecular flexibility index (Phi) is 6.48. The first kappa shape index (κ1) is 20.9. The number of hydrogen-bond acceptors (Lipinski definition) is 9. The smallest absolute Gasteiger partial charge is 0.373 e. The number of fused-ring (bicyclic) bond motifs is 1. The molecular weight excluding hydrogens is 400 g/mol. The Labute approximate surface area is 179 Å². The van der Waals surface area contributed by atoms with Gasteiger partial charge in [0.05, 0.1) is 18.1 Å². The molecule has 1 fully saturated rings. The molecule has 0 aliphatic carbocycles. The number of aromatic nitrogens is 3. The Hall–Kier alpha value is -3.37. The van der Waals surface area contributed by atoms with Crippen molar-refractivity contribution in [1.82, 2.24) is 19.9 Å². The van der Waals surface area contributed by atoms with Crippen molar-refractivity contribution in [3.05, 3.63) is 52.5 Å². The zero-order valence-corrected chi connectivity index (χ0v) is 17.3. The molecule has 0 amide bonds. The summed E-state index contributed by atoms with van der Waals surface area (Å²) >= 11 is 0. The number of morpholine rings is 1. The maximum absolute atomic E-state index is 11.8. The number of hydrogen-bond donors (Lipinski definition) is 1. The summed E-state index contributed by atoms with van der Waals surface area (Å²) in [5.41, 5.74) is 1.15. The zero-order valence-electron chi connectivity index (χ0n) is 17.3. The third kappa shape index (κ3) is 5.04. The van der Waals surface area contributed by atoms with E-state index in [-0.39, 0.29) is 17.4 Å². The lowest BCUT2D eigenvalue weighted by atomic mass is 10.2. The molecule has 3 aromatic rings. The van der Waals surface area contributed by atoms with E-state index in [1.165, 1.54) is 6.33 Å². The van der Waals surface area contributed by atoms with E-state index in [9.17, 15) is 10.1 Å². The highest BCUT2D eigenvalue weighted by Gasteiger charge is 2.25. The molecule has 1 N–H and O–H groups in total. The van der Waals surface area contributed by atoms with Crippen molar-refractivity contribution in [2.75, 3.05) is 44.7 Å². The molecule has 31 heavy (non-hydrogen) atoms. The van der Waals surface area contributed by atoms with Crippen LogP contribution in [0.2, 0.25) is 0 Å². The molecule has 0 unspecified atom stereocenters. The Morgan fingerprint density at radius 3 is 2.87 bits per heavy atom. The first-order chi connectivity index (χ1) is 15.1. The van der Waals surface area contributed by atoms with Gasteiger partial charge >= 0.3 is 11.6 Å². The van der Waals surface area contributed by atoms with Gasteiger partial charge in [-0.2, -0.15) is 4.98 Å². The minimum absolute atomic E-state index is 0.119. The second-order valence-electron chi connectivity index (χ2n) is 7.25. The van der Waals surface area contributed by atoms with E-state index in [0.717, 1.165) is 50.3 Å². The van der Waals surface area contributed by atoms with Crippen molar-refractivity contribution in [2.24, 2.45) is 0 Å². The minimum Gasteiger partial charge on any atom is -0.431 e. The SMILES string of the molecule is Cc1ccc2cccc(Oc3ncnc(NCCCN4CCOCC4)c3[N+](=O)[O-])c2n1. The van der Waals surface area contributed by atoms with Gasteiger partial charge in [-0.3, -0.25) is 15.0 Å². The minimum atomic E-state index is -0.524. The monoisotopic (exact) mass is 424 g/mol. The number of anilines is 1. The molecule has 0 saturated carbocycles. The molecule has 4 rings (SSSR count). The maximum Gasteiger partial charge on any atom is 0.373 e. The molecule has 0 radical (unpaired) electrons. The topological polar surface area (TPSA) is 116 Å². The number of para-hydroxylation sites is 1. The lowest BCUT2D eigenvalue weighted by Crippen LogP contribution is -2.37. The van der Waals surface area contributed by atoms with Gasteiger partial charge in [-0.05, 0) is 32.0 Å². The molecule has 1 saturated heterocycles. The molecule has 1 aromatic carbocycles. The summed E-state index contributed by atoms with van der Waals surface area (Å²) in [6, 6.07) is 9.27. The summed E-state index contributed by atoms with van der Waals surface area (Å²) in [5, 5.41) is 15.7. The van der Waals surface area contributed by atoms with Crippen molar-refractivity contribution in [1.29, 1.82) is 0 Å². The Bertz CT molecular complexity index is 1070. The average Bonchev–Trinajstić information content (AvgIpc) is 2.78. The van der Waals surface area contributed by atoms with Crippen LogP contribution in [0.4, 0.5) is 11.5 Å². The second-order valence-corrected chi connectivity index (χ2v) is 7.25. The molecule has 2 aromatic heterocycles. The lowest BCUT2D eigenvalue weighted by molar-refractivity contribution is -0.385. The van der Waals surface area contributed by atoms with Gasteiger partial charge in [0.15, 0.2) is 5.75 Å². The molecule has 3 heterocycles. The number of nitro groups is 1. The van der Waals surface area contributed by atoms with Gasteiger partial charge in [-0.25, -0.2) is 9.97 Å². The van der Waals surface area contributed by atoms with E-state index in [4.69, 9.17) is 9.47 Å². The van der Waals surface area contributed by atoms with E-state index in [1.807, 2.05) is 31.2 Å². The third-order valence-corrected chi connectivity index (χ3v) is 5.05. The normalized spacial score (nSPS) is 14.5. The molecule has 1 aliphatic heterocycles. The largest absolute Gasteiger partial charge is 0.431 e. The van der Waals surface area contributed by atoms with Crippen molar-refractivity contribution in [3.8, 4) is 11.6 Å². The van der Waals surface area contributed by atoms with Crippen molar-refractivity contribution in [2.45, 2.75) is 13.3 Å². The van der Waals surface area contributed by atoms with E-state index >= 15 is 0 Å². The molecule has 0 spiro atoms. The molecule has 10 heteroatoms. The predicted octanol–water partition coefficient (Wildman–Crippen LogP) is 3.17. The van der Waals surface area contributed by atoms with Gasteiger partial charge in [-0.1, -0.05) is 18.2 Å². The van der Waals surface area contributed by atoms with Crippen molar-refractivity contribution < 1.29 is 14.4 Å². The van der Waals surface area contributed by atoms with Crippen molar-refractivity contribution >= 4 is 22.4 Å². The van der Waals surface area contributed by atoms with E-state index < -0.39 is 4.92 Å². The van der Waals surface area contributed by atoms with Crippen LogP contribution < -0.4 is 10.1 Å². The van der Waals surface area contributed by atoms with Gasteiger partial charge in [0.2, 0.25) is 5.82 Å². The number of nitrogens with one attached hydrogen (secondary N) is 1. The summed E-state index contributed by atoms with van der Waals surface area (Å²) < 4.78 is 11.2.